The number of carbonyl (C=O) groups is 1. The first-order valence-corrected chi connectivity index (χ1v) is 10.5. The van der Waals surface area contributed by atoms with E-state index in [1.165, 1.54) is 35.6 Å². The van der Waals surface area contributed by atoms with Crippen molar-refractivity contribution >= 4 is 37.3 Å². The SMILES string of the molecule is C#CCn1c(=NC(=O)c2ccc(S(C)(=O)=O)cc2)sc2cc(OC)ccc21. The normalized spacial score (nSPS) is 12.1. The van der Waals surface area contributed by atoms with Gasteiger partial charge in [0.1, 0.15) is 5.75 Å². The molecule has 1 amide bonds. The van der Waals surface area contributed by atoms with Crippen molar-refractivity contribution in [1.29, 1.82) is 0 Å². The maximum Gasteiger partial charge on any atom is 0.279 e. The third-order valence-electron chi connectivity index (χ3n) is 3.87. The van der Waals surface area contributed by atoms with E-state index in [2.05, 4.69) is 10.9 Å². The summed E-state index contributed by atoms with van der Waals surface area (Å²) in [5.41, 5.74) is 1.16. The van der Waals surface area contributed by atoms with Crippen molar-refractivity contribution in [2.45, 2.75) is 11.4 Å². The predicted octanol–water partition coefficient (Wildman–Crippen LogP) is 2.49. The lowest BCUT2D eigenvalue weighted by Gasteiger charge is -2.02. The van der Waals surface area contributed by atoms with Crippen LogP contribution in [0.4, 0.5) is 0 Å². The molecule has 0 atom stereocenters. The van der Waals surface area contributed by atoms with Gasteiger partial charge in [0.05, 0.1) is 28.8 Å². The summed E-state index contributed by atoms with van der Waals surface area (Å²) in [5, 5.41) is 0. The van der Waals surface area contributed by atoms with E-state index < -0.39 is 15.7 Å². The average Bonchev–Trinajstić information content (AvgIpc) is 2.97. The number of ether oxygens (including phenoxy) is 1. The van der Waals surface area contributed by atoms with Crippen LogP contribution >= 0.6 is 11.3 Å². The van der Waals surface area contributed by atoms with Crippen molar-refractivity contribution in [2.24, 2.45) is 4.99 Å². The Kier molecular flexibility index (Phi) is 5.17. The quantitative estimate of drug-likeness (QED) is 0.631. The highest BCUT2D eigenvalue weighted by molar-refractivity contribution is 7.90. The van der Waals surface area contributed by atoms with E-state index in [-0.39, 0.29) is 11.4 Å². The first kappa shape index (κ1) is 18.9. The number of sulfone groups is 1. The molecule has 0 N–H and O–H groups in total. The zero-order chi connectivity index (χ0) is 19.6. The summed E-state index contributed by atoms with van der Waals surface area (Å²) in [6.07, 6.45) is 6.57. The van der Waals surface area contributed by atoms with Gasteiger partial charge in [-0.05, 0) is 42.5 Å². The molecule has 6 nitrogen and oxygen atoms in total. The standard InChI is InChI=1S/C19H16N2O4S2/c1-4-11-21-16-10-7-14(25-2)12-17(16)26-19(21)20-18(22)13-5-8-15(9-6-13)27(3,23)24/h1,5-10,12H,11H2,2-3H3. The summed E-state index contributed by atoms with van der Waals surface area (Å²) in [7, 11) is -1.74. The molecule has 0 aliphatic carbocycles. The Morgan fingerprint density at radius 1 is 1.26 bits per heavy atom. The molecule has 2 aromatic carbocycles. The van der Waals surface area contributed by atoms with E-state index in [9.17, 15) is 13.2 Å². The zero-order valence-electron chi connectivity index (χ0n) is 14.7. The number of terminal acetylenes is 1. The number of aromatic nitrogens is 1. The molecule has 0 aliphatic heterocycles. The first-order chi connectivity index (χ1) is 12.8. The molecule has 0 bridgehead atoms. The van der Waals surface area contributed by atoms with Crippen LogP contribution in [-0.2, 0) is 16.4 Å². The lowest BCUT2D eigenvalue weighted by molar-refractivity contribution is 0.0998. The summed E-state index contributed by atoms with van der Waals surface area (Å²) in [4.78, 5) is 17.3. The molecular formula is C19H16N2O4S2. The monoisotopic (exact) mass is 400 g/mol. The number of amides is 1. The highest BCUT2D eigenvalue weighted by Crippen LogP contribution is 2.23. The molecular weight excluding hydrogens is 384 g/mol. The third kappa shape index (κ3) is 3.94. The molecule has 8 heteroatoms. The summed E-state index contributed by atoms with van der Waals surface area (Å²) >= 11 is 1.33. The van der Waals surface area contributed by atoms with Gasteiger partial charge in [0.2, 0.25) is 0 Å². The third-order valence-corrected chi connectivity index (χ3v) is 6.04. The number of nitrogens with zero attached hydrogens (tertiary/aromatic N) is 2. The number of thiazole rings is 1. The Hall–Kier alpha value is -2.89. The van der Waals surface area contributed by atoms with Crippen molar-refractivity contribution in [1.82, 2.24) is 4.57 Å². The van der Waals surface area contributed by atoms with E-state index >= 15 is 0 Å². The average molecular weight is 400 g/mol. The molecule has 27 heavy (non-hydrogen) atoms. The van der Waals surface area contributed by atoms with Crippen LogP contribution in [0.15, 0.2) is 52.4 Å². The maximum atomic E-state index is 12.5. The number of hydrogen-bond acceptors (Lipinski definition) is 5. The molecule has 0 fully saturated rings. The number of hydrogen-bond donors (Lipinski definition) is 0. The molecule has 3 rings (SSSR count). The fourth-order valence-electron chi connectivity index (χ4n) is 2.51. The fourth-order valence-corrected chi connectivity index (χ4v) is 4.19. The first-order valence-electron chi connectivity index (χ1n) is 7.83. The van der Waals surface area contributed by atoms with E-state index in [0.717, 1.165) is 16.5 Å². The van der Waals surface area contributed by atoms with Gasteiger partial charge >= 0.3 is 0 Å². The Morgan fingerprint density at radius 3 is 2.56 bits per heavy atom. The Morgan fingerprint density at radius 2 is 1.96 bits per heavy atom. The van der Waals surface area contributed by atoms with Crippen molar-refractivity contribution in [2.75, 3.05) is 13.4 Å². The number of benzene rings is 2. The minimum atomic E-state index is -3.32. The molecule has 0 radical (unpaired) electrons. The molecule has 0 saturated carbocycles. The summed E-state index contributed by atoms with van der Waals surface area (Å²) in [6, 6.07) is 11.2. The van der Waals surface area contributed by atoms with Gasteiger partial charge in [0, 0.05) is 11.8 Å². The molecule has 1 aromatic heterocycles. The second-order valence-electron chi connectivity index (χ2n) is 5.72. The molecule has 0 aliphatic rings. The lowest BCUT2D eigenvalue weighted by Crippen LogP contribution is -2.16. The highest BCUT2D eigenvalue weighted by atomic mass is 32.2. The summed E-state index contributed by atoms with van der Waals surface area (Å²) < 4.78 is 31.0. The van der Waals surface area contributed by atoms with E-state index in [0.29, 0.717) is 16.1 Å². The van der Waals surface area contributed by atoms with Gasteiger partial charge in [-0.25, -0.2) is 8.42 Å². The Bertz CT molecular complexity index is 1230. The second kappa shape index (κ2) is 7.39. The molecule has 138 valence electrons. The van der Waals surface area contributed by atoms with Crippen LogP contribution in [0.1, 0.15) is 10.4 Å². The topological polar surface area (TPSA) is 77.7 Å². The van der Waals surface area contributed by atoms with Crippen LogP contribution in [0.3, 0.4) is 0 Å². The van der Waals surface area contributed by atoms with Gasteiger partial charge in [-0.3, -0.25) is 4.79 Å². The van der Waals surface area contributed by atoms with Gasteiger partial charge in [0.25, 0.3) is 5.91 Å². The van der Waals surface area contributed by atoms with E-state index in [4.69, 9.17) is 11.2 Å². The minimum absolute atomic E-state index is 0.149. The molecule has 0 saturated heterocycles. The van der Waals surface area contributed by atoms with E-state index in [1.807, 2.05) is 18.2 Å². The van der Waals surface area contributed by atoms with Crippen LogP contribution < -0.4 is 9.54 Å². The number of carbonyl (C=O) groups excluding carboxylic acids is 1. The molecule has 0 spiro atoms. The summed E-state index contributed by atoms with van der Waals surface area (Å²) in [6.45, 7) is 0.269. The van der Waals surface area contributed by atoms with Crippen LogP contribution in [0.5, 0.6) is 5.75 Å². The number of methoxy groups -OCH3 is 1. The van der Waals surface area contributed by atoms with Crippen molar-refractivity contribution in [3.63, 3.8) is 0 Å². The van der Waals surface area contributed by atoms with Gasteiger partial charge in [-0.1, -0.05) is 17.3 Å². The second-order valence-corrected chi connectivity index (χ2v) is 8.75. The molecule has 3 aromatic rings. The van der Waals surface area contributed by atoms with Crippen molar-refractivity contribution < 1.29 is 17.9 Å². The van der Waals surface area contributed by atoms with Gasteiger partial charge < -0.3 is 9.30 Å². The maximum absolute atomic E-state index is 12.5. The van der Waals surface area contributed by atoms with Gasteiger partial charge in [-0.2, -0.15) is 4.99 Å². The van der Waals surface area contributed by atoms with Gasteiger partial charge in [0.15, 0.2) is 14.6 Å². The fraction of sp³-hybridized carbons (Fsp3) is 0.158. The molecule has 1 heterocycles. The highest BCUT2D eigenvalue weighted by Gasteiger charge is 2.11. The van der Waals surface area contributed by atoms with E-state index in [1.54, 1.807) is 11.7 Å². The van der Waals surface area contributed by atoms with Crippen LogP contribution in [0.25, 0.3) is 10.2 Å². The van der Waals surface area contributed by atoms with Crippen LogP contribution in [0.2, 0.25) is 0 Å². The van der Waals surface area contributed by atoms with Gasteiger partial charge in [-0.15, -0.1) is 6.42 Å². The number of rotatable bonds is 4. The Labute approximate surface area is 160 Å². The largest absolute Gasteiger partial charge is 0.497 e. The smallest absolute Gasteiger partial charge is 0.279 e. The predicted molar refractivity (Wildman–Crippen MR) is 105 cm³/mol. The van der Waals surface area contributed by atoms with Crippen molar-refractivity contribution in [3.8, 4) is 18.1 Å². The molecule has 0 unspecified atom stereocenters. The van der Waals surface area contributed by atoms with Crippen LogP contribution in [-0.4, -0.2) is 32.3 Å². The summed E-state index contributed by atoms with van der Waals surface area (Å²) in [5.74, 6) is 2.80. The van der Waals surface area contributed by atoms with Crippen molar-refractivity contribution in [3.05, 3.63) is 52.8 Å². The minimum Gasteiger partial charge on any atom is -0.497 e. The zero-order valence-corrected chi connectivity index (χ0v) is 16.3. The van der Waals surface area contributed by atoms with Crippen LogP contribution in [0, 0.1) is 12.3 Å². The Balaban J connectivity index is 2.07. The lowest BCUT2D eigenvalue weighted by atomic mass is 10.2. The number of fused-ring (bicyclic) bond motifs is 1.